The molecule has 1 heterocycles. The van der Waals surface area contributed by atoms with Gasteiger partial charge in [0, 0.05) is 33.1 Å². The van der Waals surface area contributed by atoms with Crippen LogP contribution in [0.25, 0.3) is 0 Å². The van der Waals surface area contributed by atoms with Crippen LogP contribution in [-0.2, 0) is 34.3 Å². The number of aliphatic hydroxyl groups is 1. The number of hydrogen-bond acceptors (Lipinski definition) is 8. The molecule has 9 nitrogen and oxygen atoms in total. The average Bonchev–Trinajstić information content (AvgIpc) is 3.44. The second kappa shape index (κ2) is 14.5. The Kier molecular flexibility index (Phi) is 10.6. The first-order chi connectivity index (χ1) is 22.0. The van der Waals surface area contributed by atoms with Crippen molar-refractivity contribution in [1.29, 1.82) is 0 Å². The average molecular weight is 740 g/mol. The monoisotopic (exact) mass is 739 g/mol. The first-order valence-electron chi connectivity index (χ1n) is 15.2. The molecular weight excluding hydrogens is 701 g/mol. The number of hydrogen-bond donors (Lipinski definition) is 2. The molecule has 1 fully saturated rings. The van der Waals surface area contributed by atoms with Gasteiger partial charge in [0.25, 0.3) is 0 Å². The Labute approximate surface area is 282 Å². The first-order valence-corrected chi connectivity index (χ1v) is 16.3. The maximum atomic E-state index is 13.6. The van der Waals surface area contributed by atoms with Crippen LogP contribution in [-0.4, -0.2) is 59.5 Å². The van der Waals surface area contributed by atoms with Crippen LogP contribution in [0.4, 0.5) is 0 Å². The topological polar surface area (TPSA) is 120 Å². The molecule has 2 N–H and O–H groups in total. The van der Waals surface area contributed by atoms with Crippen LogP contribution in [0.3, 0.4) is 0 Å². The van der Waals surface area contributed by atoms with E-state index in [2.05, 4.69) is 27.9 Å². The Hall–Kier alpha value is -3.58. The molecule has 1 amide bonds. The van der Waals surface area contributed by atoms with Gasteiger partial charge >= 0.3 is 11.9 Å². The highest BCUT2D eigenvalue weighted by molar-refractivity contribution is 14.1. The number of carbonyl (C=O) groups excluding carboxylic acids is 3. The van der Waals surface area contributed by atoms with Gasteiger partial charge in [0.2, 0.25) is 11.7 Å². The third-order valence-electron chi connectivity index (χ3n) is 7.69. The van der Waals surface area contributed by atoms with Gasteiger partial charge in [-0.1, -0.05) is 60.7 Å². The first kappa shape index (κ1) is 33.8. The van der Waals surface area contributed by atoms with Crippen LogP contribution >= 0.6 is 22.6 Å². The van der Waals surface area contributed by atoms with Gasteiger partial charge in [-0.2, -0.15) is 0 Å². The summed E-state index contributed by atoms with van der Waals surface area (Å²) in [5, 5.41) is 12.8. The number of ether oxygens (including phenoxy) is 4. The van der Waals surface area contributed by atoms with Crippen molar-refractivity contribution in [2.24, 2.45) is 0 Å². The van der Waals surface area contributed by atoms with Crippen molar-refractivity contribution in [3.05, 3.63) is 117 Å². The molecule has 2 aliphatic rings. The summed E-state index contributed by atoms with van der Waals surface area (Å²) in [4.78, 5) is 39.2. The zero-order valence-electron chi connectivity index (χ0n) is 26.0. The summed E-state index contributed by atoms with van der Waals surface area (Å²) >= 11 is 2.16. The van der Waals surface area contributed by atoms with Crippen molar-refractivity contribution in [2.75, 3.05) is 6.61 Å². The van der Waals surface area contributed by atoms with Gasteiger partial charge in [-0.3, -0.25) is 9.59 Å². The number of esters is 2. The van der Waals surface area contributed by atoms with Gasteiger partial charge in [-0.05, 0) is 80.1 Å². The highest BCUT2D eigenvalue weighted by Gasteiger charge is 2.55. The fourth-order valence-corrected chi connectivity index (χ4v) is 5.91. The molecule has 3 aromatic rings. The third-order valence-corrected chi connectivity index (χ3v) is 8.41. The number of carbonyl (C=O) groups is 3. The van der Waals surface area contributed by atoms with Gasteiger partial charge in [0.05, 0.1) is 18.2 Å². The summed E-state index contributed by atoms with van der Waals surface area (Å²) in [7, 11) is 0. The van der Waals surface area contributed by atoms with Crippen molar-refractivity contribution in [3.8, 4) is 0 Å². The lowest BCUT2D eigenvalue weighted by Gasteiger charge is -2.31. The summed E-state index contributed by atoms with van der Waals surface area (Å²) < 4.78 is 25.9. The van der Waals surface area contributed by atoms with Gasteiger partial charge < -0.3 is 29.4 Å². The molecule has 4 atom stereocenters. The minimum absolute atomic E-state index is 0.0242. The van der Waals surface area contributed by atoms with Gasteiger partial charge in [-0.25, -0.2) is 4.79 Å². The number of benzene rings is 3. The molecule has 5 rings (SSSR count). The van der Waals surface area contributed by atoms with Gasteiger partial charge in [0.15, 0.2) is 0 Å². The SMILES string of the molecule is CC(C)(C)OC(=O)CCC(CO)NC(=O)C1=CC2OC(c3ccccc3)(c3ccccc3)OC2C(OC(=O)c2ccc(I)cc2)C1. The second-order valence-corrected chi connectivity index (χ2v) is 13.6. The van der Waals surface area contributed by atoms with E-state index in [-0.39, 0.29) is 25.9 Å². The largest absolute Gasteiger partial charge is 0.460 e. The zero-order valence-corrected chi connectivity index (χ0v) is 28.1. The molecule has 46 heavy (non-hydrogen) atoms. The Balaban J connectivity index is 1.43. The van der Waals surface area contributed by atoms with E-state index < -0.39 is 53.6 Å². The quantitative estimate of drug-likeness (QED) is 0.209. The fraction of sp³-hybridized carbons (Fsp3) is 0.361. The van der Waals surface area contributed by atoms with Gasteiger partial charge in [-0.15, -0.1) is 0 Å². The van der Waals surface area contributed by atoms with E-state index in [9.17, 15) is 19.5 Å². The molecule has 0 bridgehead atoms. The van der Waals surface area contributed by atoms with Gasteiger partial charge in [0.1, 0.15) is 23.9 Å². The molecule has 0 radical (unpaired) electrons. The minimum Gasteiger partial charge on any atom is -0.460 e. The normalized spacial score (nSPS) is 21.0. The van der Waals surface area contributed by atoms with E-state index in [0.29, 0.717) is 11.1 Å². The van der Waals surface area contributed by atoms with Crippen LogP contribution < -0.4 is 5.32 Å². The molecule has 1 aliphatic carbocycles. The lowest BCUT2D eigenvalue weighted by molar-refractivity contribution is -0.157. The number of fused-ring (bicyclic) bond motifs is 1. The maximum absolute atomic E-state index is 13.6. The van der Waals surface area contributed by atoms with Crippen molar-refractivity contribution in [2.45, 2.75) is 75.8 Å². The fourth-order valence-electron chi connectivity index (χ4n) is 5.56. The standard InChI is InChI=1S/C36H38INO8/c1-35(2,3)45-31(40)19-18-28(22-39)38-33(41)24-20-29(43-34(42)23-14-16-27(37)17-15-23)32-30(21-24)44-36(46-32,25-10-6-4-7-11-25)26-12-8-5-9-13-26/h4-17,21,28-30,32,39H,18-20,22H2,1-3H3,(H,38,41). The van der Waals surface area contributed by atoms with E-state index in [4.69, 9.17) is 18.9 Å². The number of nitrogens with one attached hydrogen (secondary N) is 1. The van der Waals surface area contributed by atoms with E-state index in [1.165, 1.54) is 0 Å². The maximum Gasteiger partial charge on any atom is 0.338 e. The summed E-state index contributed by atoms with van der Waals surface area (Å²) in [5.41, 5.74) is 1.55. The van der Waals surface area contributed by atoms with Crippen LogP contribution in [0.2, 0.25) is 0 Å². The highest BCUT2D eigenvalue weighted by atomic mass is 127. The molecule has 0 aromatic heterocycles. The smallest absolute Gasteiger partial charge is 0.338 e. The second-order valence-electron chi connectivity index (χ2n) is 12.3. The summed E-state index contributed by atoms with van der Waals surface area (Å²) in [6.07, 6.45) is -0.389. The Morgan fingerprint density at radius 2 is 1.57 bits per heavy atom. The Morgan fingerprint density at radius 3 is 2.13 bits per heavy atom. The minimum atomic E-state index is -1.32. The van der Waals surface area contributed by atoms with Crippen LogP contribution in [0, 0.1) is 3.57 Å². The Morgan fingerprint density at radius 1 is 0.957 bits per heavy atom. The lowest BCUT2D eigenvalue weighted by Crippen LogP contribution is -2.45. The molecular formula is C36H38INO8. The predicted octanol–water partition coefficient (Wildman–Crippen LogP) is 5.43. The molecule has 10 heteroatoms. The van der Waals surface area contributed by atoms with Crippen LogP contribution in [0.1, 0.15) is 61.5 Å². The zero-order chi connectivity index (χ0) is 32.9. The number of rotatable bonds is 10. The summed E-state index contributed by atoms with van der Waals surface area (Å²) in [6, 6.07) is 25.3. The van der Waals surface area contributed by atoms with E-state index in [1.807, 2.05) is 72.8 Å². The third kappa shape index (κ3) is 8.03. The summed E-state index contributed by atoms with van der Waals surface area (Å²) in [6.45, 7) is 4.96. The highest BCUT2D eigenvalue weighted by Crippen LogP contribution is 2.47. The van der Waals surface area contributed by atoms with Crippen molar-refractivity contribution in [3.63, 3.8) is 0 Å². The van der Waals surface area contributed by atoms with Crippen LogP contribution in [0.5, 0.6) is 0 Å². The van der Waals surface area contributed by atoms with Crippen molar-refractivity contribution < 1.29 is 38.4 Å². The van der Waals surface area contributed by atoms with E-state index >= 15 is 0 Å². The van der Waals surface area contributed by atoms with E-state index in [0.717, 1.165) is 14.7 Å². The van der Waals surface area contributed by atoms with E-state index in [1.54, 1.807) is 39.0 Å². The Bertz CT molecular complexity index is 1510. The van der Waals surface area contributed by atoms with Crippen LogP contribution in [0.15, 0.2) is 96.6 Å². The molecule has 1 saturated heterocycles. The molecule has 242 valence electrons. The molecule has 1 aliphatic heterocycles. The molecule has 0 spiro atoms. The van der Waals surface area contributed by atoms with Crippen molar-refractivity contribution in [1.82, 2.24) is 5.32 Å². The molecule has 0 saturated carbocycles. The number of aliphatic hydroxyl groups excluding tert-OH is 1. The van der Waals surface area contributed by atoms with Crippen molar-refractivity contribution >= 4 is 40.4 Å². The summed E-state index contributed by atoms with van der Waals surface area (Å²) in [5.74, 6) is -2.75. The number of amides is 1. The molecule has 4 unspecified atom stereocenters. The molecule has 3 aromatic carbocycles. The predicted molar refractivity (Wildman–Crippen MR) is 179 cm³/mol. The lowest BCUT2D eigenvalue weighted by atomic mass is 9.91. The number of halogens is 1.